The van der Waals surface area contributed by atoms with E-state index in [1.54, 1.807) is 0 Å². The van der Waals surface area contributed by atoms with Gasteiger partial charge in [-0.1, -0.05) is 31.2 Å². The summed E-state index contributed by atoms with van der Waals surface area (Å²) in [5.41, 5.74) is 7.47. The third kappa shape index (κ3) is 6.03. The number of benzene rings is 2. The Morgan fingerprint density at radius 3 is 2.77 bits per heavy atom. The second-order valence-electron chi connectivity index (χ2n) is 10.4. The van der Waals surface area contributed by atoms with Crippen molar-refractivity contribution in [1.29, 1.82) is 0 Å². The van der Waals surface area contributed by atoms with Crippen LogP contribution in [0.2, 0.25) is 0 Å². The van der Waals surface area contributed by atoms with Gasteiger partial charge in [-0.05, 0) is 78.6 Å². The SMILES string of the molecule is CCc1cc(-c2ccc3c(c2)COCC3)cc(C)c1CC(=O)NS(=O)(=O)c1cc2n(n1)CC(OC(C)C)CO2. The Morgan fingerprint density at radius 2 is 2.00 bits per heavy atom. The van der Waals surface area contributed by atoms with Crippen molar-refractivity contribution in [2.45, 2.75) is 77.3 Å². The van der Waals surface area contributed by atoms with Crippen molar-refractivity contribution in [2.24, 2.45) is 0 Å². The van der Waals surface area contributed by atoms with Gasteiger partial charge < -0.3 is 14.2 Å². The fraction of sp³-hybridized carbons (Fsp3) is 0.448. The average molecular weight is 554 g/mol. The lowest BCUT2D eigenvalue weighted by molar-refractivity contribution is -0.118. The van der Waals surface area contributed by atoms with Crippen molar-refractivity contribution in [1.82, 2.24) is 14.5 Å². The molecule has 1 unspecified atom stereocenters. The third-order valence-electron chi connectivity index (χ3n) is 7.10. The number of nitrogens with one attached hydrogen (secondary N) is 1. The first kappa shape index (κ1) is 27.4. The van der Waals surface area contributed by atoms with Crippen molar-refractivity contribution in [3.05, 3.63) is 64.2 Å². The van der Waals surface area contributed by atoms with E-state index in [9.17, 15) is 13.2 Å². The van der Waals surface area contributed by atoms with Crippen LogP contribution in [0, 0.1) is 6.92 Å². The number of fused-ring (bicyclic) bond motifs is 2. The summed E-state index contributed by atoms with van der Waals surface area (Å²) in [4.78, 5) is 13.0. The quantitative estimate of drug-likeness (QED) is 0.453. The number of hydrogen-bond donors (Lipinski definition) is 1. The summed E-state index contributed by atoms with van der Waals surface area (Å²) in [7, 11) is -4.17. The van der Waals surface area contributed by atoms with Gasteiger partial charge in [0, 0.05) is 6.07 Å². The lowest BCUT2D eigenvalue weighted by atomic mass is 9.90. The molecule has 2 aliphatic rings. The third-order valence-corrected chi connectivity index (χ3v) is 8.35. The number of carbonyl (C=O) groups excluding carboxylic acids is 1. The predicted molar refractivity (Wildman–Crippen MR) is 146 cm³/mol. The first-order chi connectivity index (χ1) is 18.6. The number of hydrogen-bond acceptors (Lipinski definition) is 7. The van der Waals surface area contributed by atoms with Gasteiger partial charge in [0.15, 0.2) is 0 Å². The summed E-state index contributed by atoms with van der Waals surface area (Å²) in [6.07, 6.45) is 1.36. The van der Waals surface area contributed by atoms with Gasteiger partial charge in [-0.3, -0.25) is 4.79 Å². The molecule has 0 saturated heterocycles. The maximum Gasteiger partial charge on any atom is 0.283 e. The molecule has 3 heterocycles. The van der Waals surface area contributed by atoms with E-state index in [-0.39, 0.29) is 23.7 Å². The molecule has 10 heteroatoms. The molecule has 0 bridgehead atoms. The molecule has 39 heavy (non-hydrogen) atoms. The smallest absolute Gasteiger partial charge is 0.283 e. The lowest BCUT2D eigenvalue weighted by Gasteiger charge is -2.25. The van der Waals surface area contributed by atoms with Crippen molar-refractivity contribution >= 4 is 15.9 Å². The zero-order valence-electron chi connectivity index (χ0n) is 22.8. The first-order valence-electron chi connectivity index (χ1n) is 13.4. The number of ether oxygens (including phenoxy) is 3. The molecule has 9 nitrogen and oxygen atoms in total. The zero-order valence-corrected chi connectivity index (χ0v) is 23.6. The van der Waals surface area contributed by atoms with Gasteiger partial charge in [0.05, 0.1) is 32.3 Å². The molecule has 0 spiro atoms. The molecule has 1 N–H and O–H groups in total. The molecule has 3 aromatic rings. The van der Waals surface area contributed by atoms with Crippen molar-refractivity contribution in [3.8, 4) is 17.0 Å². The van der Waals surface area contributed by atoms with Gasteiger partial charge in [0.2, 0.25) is 16.8 Å². The Balaban J connectivity index is 1.31. The van der Waals surface area contributed by atoms with E-state index < -0.39 is 15.9 Å². The Morgan fingerprint density at radius 1 is 1.18 bits per heavy atom. The summed E-state index contributed by atoms with van der Waals surface area (Å²) in [5, 5.41) is 3.91. The lowest BCUT2D eigenvalue weighted by Crippen LogP contribution is -2.34. The van der Waals surface area contributed by atoms with Crippen LogP contribution in [0.4, 0.5) is 0 Å². The molecular weight excluding hydrogens is 518 g/mol. The largest absolute Gasteiger partial charge is 0.475 e. The van der Waals surface area contributed by atoms with Gasteiger partial charge in [0.1, 0.15) is 12.7 Å². The number of aromatic nitrogens is 2. The van der Waals surface area contributed by atoms with E-state index in [1.165, 1.54) is 21.9 Å². The van der Waals surface area contributed by atoms with Crippen molar-refractivity contribution in [2.75, 3.05) is 13.2 Å². The summed E-state index contributed by atoms with van der Waals surface area (Å²) in [5.74, 6) is -0.278. The summed E-state index contributed by atoms with van der Waals surface area (Å²) in [6.45, 7) is 9.89. The van der Waals surface area contributed by atoms with Crippen molar-refractivity contribution in [3.63, 3.8) is 0 Å². The highest BCUT2D eigenvalue weighted by atomic mass is 32.2. The molecule has 0 aliphatic carbocycles. The minimum Gasteiger partial charge on any atom is -0.475 e. The number of rotatable bonds is 8. The molecule has 0 fully saturated rings. The minimum atomic E-state index is -4.17. The Kier molecular flexibility index (Phi) is 7.80. The molecule has 0 saturated carbocycles. The fourth-order valence-corrected chi connectivity index (χ4v) is 6.16. The Bertz CT molecular complexity index is 1490. The normalized spacial score (nSPS) is 16.9. The maximum atomic E-state index is 13.0. The van der Waals surface area contributed by atoms with Crippen LogP contribution in [-0.2, 0) is 56.7 Å². The van der Waals surface area contributed by atoms with E-state index in [4.69, 9.17) is 14.2 Å². The average Bonchev–Trinajstić information content (AvgIpc) is 3.33. The summed E-state index contributed by atoms with van der Waals surface area (Å²) >= 11 is 0. The highest BCUT2D eigenvalue weighted by molar-refractivity contribution is 7.90. The molecule has 2 aliphatic heterocycles. The van der Waals surface area contributed by atoms with Gasteiger partial charge in [0.25, 0.3) is 10.0 Å². The van der Waals surface area contributed by atoms with E-state index in [0.29, 0.717) is 32.1 Å². The van der Waals surface area contributed by atoms with Crippen LogP contribution in [-0.4, -0.2) is 49.5 Å². The first-order valence-corrected chi connectivity index (χ1v) is 14.9. The summed E-state index contributed by atoms with van der Waals surface area (Å²) < 4.78 is 46.7. The van der Waals surface area contributed by atoms with Crippen LogP contribution in [0.3, 0.4) is 0 Å². The highest BCUT2D eigenvalue weighted by Gasteiger charge is 2.28. The zero-order chi connectivity index (χ0) is 27.7. The van der Waals surface area contributed by atoms with E-state index in [1.807, 2.05) is 27.7 Å². The monoisotopic (exact) mass is 553 g/mol. The van der Waals surface area contributed by atoms with Crippen molar-refractivity contribution < 1.29 is 27.4 Å². The molecule has 1 atom stereocenters. The topological polar surface area (TPSA) is 109 Å². The molecule has 2 aromatic carbocycles. The van der Waals surface area contributed by atoms with Crippen LogP contribution < -0.4 is 9.46 Å². The minimum absolute atomic E-state index is 0.0105. The number of carbonyl (C=O) groups is 1. The highest BCUT2D eigenvalue weighted by Crippen LogP contribution is 2.30. The van der Waals surface area contributed by atoms with Gasteiger partial charge in [-0.25, -0.2) is 9.40 Å². The molecular formula is C29H35N3O6S. The van der Waals surface area contributed by atoms with Crippen LogP contribution in [0.1, 0.15) is 48.6 Å². The second kappa shape index (κ2) is 11.1. The Hall–Kier alpha value is -3.21. The van der Waals surface area contributed by atoms with Crippen LogP contribution in [0.15, 0.2) is 41.4 Å². The predicted octanol–water partition coefficient (Wildman–Crippen LogP) is 3.73. The molecule has 0 radical (unpaired) electrons. The number of aryl methyl sites for hydroxylation is 2. The number of nitrogens with zero attached hydrogens (tertiary/aromatic N) is 2. The van der Waals surface area contributed by atoms with Gasteiger partial charge in [-0.2, -0.15) is 13.5 Å². The van der Waals surface area contributed by atoms with Crippen LogP contribution in [0.25, 0.3) is 11.1 Å². The van der Waals surface area contributed by atoms with Gasteiger partial charge >= 0.3 is 0 Å². The Labute approximate surface area is 229 Å². The van der Waals surface area contributed by atoms with E-state index in [2.05, 4.69) is 40.2 Å². The summed E-state index contributed by atoms with van der Waals surface area (Å²) in [6, 6.07) is 11.9. The van der Waals surface area contributed by atoms with E-state index in [0.717, 1.165) is 40.8 Å². The van der Waals surface area contributed by atoms with Gasteiger partial charge in [-0.15, -0.1) is 0 Å². The maximum absolute atomic E-state index is 13.0. The standard InChI is InChI=1S/C29H35N3O6S/c1-5-20-11-23(22-7-6-21-8-9-36-16-24(21)12-22)10-19(4)26(20)13-27(33)31-39(34,35)28-14-29-32(30-28)15-25(17-37-29)38-18(2)3/h6-7,10-12,14,18,25H,5,8-9,13,15-17H2,1-4H3,(H,31,33). The molecule has 1 aromatic heterocycles. The molecule has 5 rings (SSSR count). The van der Waals surface area contributed by atoms with E-state index >= 15 is 0 Å². The van der Waals surface area contributed by atoms with Crippen LogP contribution >= 0.6 is 0 Å². The molecule has 208 valence electrons. The van der Waals surface area contributed by atoms with Crippen LogP contribution in [0.5, 0.6) is 5.88 Å². The number of sulfonamides is 1. The molecule has 1 amide bonds. The second-order valence-corrected chi connectivity index (χ2v) is 12.0. The fourth-order valence-electron chi connectivity index (χ4n) is 5.22. The number of amides is 1.